The lowest BCUT2D eigenvalue weighted by Crippen LogP contribution is -2.09. The molecule has 0 bridgehead atoms. The van der Waals surface area contributed by atoms with Crippen LogP contribution in [0.3, 0.4) is 0 Å². The molecule has 5 heteroatoms. The van der Waals surface area contributed by atoms with Crippen LogP contribution < -0.4 is 9.80 Å². The fraction of sp³-hybridized carbons (Fsp3) is 0.316. The van der Waals surface area contributed by atoms with Gasteiger partial charge in [-0.1, -0.05) is 17.7 Å². The maximum atomic E-state index is 11.3. The van der Waals surface area contributed by atoms with Crippen molar-refractivity contribution in [3.05, 3.63) is 59.1 Å². The minimum atomic E-state index is -0.266. The minimum absolute atomic E-state index is 0.266. The van der Waals surface area contributed by atoms with Gasteiger partial charge < -0.3 is 14.5 Å². The lowest BCUT2D eigenvalue weighted by atomic mass is 10.2. The second-order valence-corrected chi connectivity index (χ2v) is 5.97. The highest BCUT2D eigenvalue weighted by atomic mass is 35.5. The first-order valence-electron chi connectivity index (χ1n) is 7.72. The van der Waals surface area contributed by atoms with E-state index in [4.69, 9.17) is 16.3 Å². The molecule has 2 aromatic rings. The van der Waals surface area contributed by atoms with Crippen LogP contribution in [0.25, 0.3) is 0 Å². The van der Waals surface area contributed by atoms with Crippen molar-refractivity contribution in [1.82, 2.24) is 0 Å². The summed E-state index contributed by atoms with van der Waals surface area (Å²) >= 11 is 5.76. The molecule has 0 spiro atoms. The summed E-state index contributed by atoms with van der Waals surface area (Å²) in [6, 6.07) is 15.1. The predicted molar refractivity (Wildman–Crippen MR) is 103 cm³/mol. The SMILES string of the molecule is CCOC(=O)c1ccc(N(C)C)cc1.CN(C)c1cccc(Cl)c1. The zero-order valence-electron chi connectivity index (χ0n) is 14.9. The Hall–Kier alpha value is -2.20. The van der Waals surface area contributed by atoms with E-state index in [1.54, 1.807) is 19.1 Å². The number of halogens is 1. The van der Waals surface area contributed by atoms with Crippen molar-refractivity contribution in [3.8, 4) is 0 Å². The van der Waals surface area contributed by atoms with Crippen LogP contribution in [-0.4, -0.2) is 40.8 Å². The van der Waals surface area contributed by atoms with Gasteiger partial charge in [0.15, 0.2) is 0 Å². The van der Waals surface area contributed by atoms with Gasteiger partial charge in [-0.05, 0) is 49.4 Å². The van der Waals surface area contributed by atoms with Gasteiger partial charge in [-0.3, -0.25) is 0 Å². The van der Waals surface area contributed by atoms with E-state index in [-0.39, 0.29) is 5.97 Å². The molecule has 2 aromatic carbocycles. The van der Waals surface area contributed by atoms with Gasteiger partial charge >= 0.3 is 5.97 Å². The molecule has 0 aliphatic rings. The minimum Gasteiger partial charge on any atom is -0.462 e. The molecule has 0 radical (unpaired) electrons. The van der Waals surface area contributed by atoms with Gasteiger partial charge in [-0.15, -0.1) is 0 Å². The molecule has 0 amide bonds. The smallest absolute Gasteiger partial charge is 0.338 e. The first-order valence-corrected chi connectivity index (χ1v) is 8.10. The number of carbonyl (C=O) groups is 1. The molecule has 0 heterocycles. The molecule has 24 heavy (non-hydrogen) atoms. The molecule has 0 N–H and O–H groups in total. The van der Waals surface area contributed by atoms with E-state index in [2.05, 4.69) is 0 Å². The van der Waals surface area contributed by atoms with Gasteiger partial charge in [-0.2, -0.15) is 0 Å². The van der Waals surface area contributed by atoms with E-state index in [1.807, 2.05) is 74.4 Å². The number of rotatable bonds is 4. The van der Waals surface area contributed by atoms with E-state index in [1.165, 1.54) is 0 Å². The molecule has 0 aromatic heterocycles. The quantitative estimate of drug-likeness (QED) is 0.770. The number of hydrogen-bond acceptors (Lipinski definition) is 4. The van der Waals surface area contributed by atoms with Crippen molar-refractivity contribution in [2.24, 2.45) is 0 Å². The Morgan fingerprint density at radius 1 is 0.958 bits per heavy atom. The van der Waals surface area contributed by atoms with Gasteiger partial charge in [0, 0.05) is 44.6 Å². The van der Waals surface area contributed by atoms with E-state index < -0.39 is 0 Å². The van der Waals surface area contributed by atoms with Gasteiger partial charge in [0.2, 0.25) is 0 Å². The van der Waals surface area contributed by atoms with Crippen molar-refractivity contribution >= 4 is 28.9 Å². The predicted octanol–water partition coefficient (Wildman–Crippen LogP) is 4.34. The van der Waals surface area contributed by atoms with Crippen molar-refractivity contribution in [2.45, 2.75) is 6.92 Å². The standard InChI is InChI=1S/C11H15NO2.C8H10ClN/c1-4-14-11(13)9-5-7-10(8-6-9)12(2)3;1-10(2)8-5-3-4-7(9)6-8/h5-8H,4H2,1-3H3;3-6H,1-2H3. The van der Waals surface area contributed by atoms with Gasteiger partial charge in [-0.25, -0.2) is 4.79 Å². The highest BCUT2D eigenvalue weighted by molar-refractivity contribution is 6.30. The Kier molecular flexibility index (Phi) is 8.13. The van der Waals surface area contributed by atoms with Crippen molar-refractivity contribution in [3.63, 3.8) is 0 Å². The highest BCUT2D eigenvalue weighted by Gasteiger charge is 2.05. The van der Waals surface area contributed by atoms with Crippen LogP contribution >= 0.6 is 11.6 Å². The largest absolute Gasteiger partial charge is 0.462 e. The zero-order valence-corrected chi connectivity index (χ0v) is 15.7. The normalized spacial score (nSPS) is 9.58. The maximum absolute atomic E-state index is 11.3. The van der Waals surface area contributed by atoms with E-state index in [0.29, 0.717) is 12.2 Å². The molecule has 0 fully saturated rings. The Bertz CT molecular complexity index is 640. The topological polar surface area (TPSA) is 32.8 Å². The summed E-state index contributed by atoms with van der Waals surface area (Å²) in [7, 11) is 7.90. The van der Waals surface area contributed by atoms with Crippen LogP contribution in [0.2, 0.25) is 5.02 Å². The fourth-order valence-corrected chi connectivity index (χ4v) is 2.05. The van der Waals surface area contributed by atoms with Gasteiger partial charge in [0.1, 0.15) is 0 Å². The Morgan fingerprint density at radius 2 is 1.54 bits per heavy atom. The Balaban J connectivity index is 0.000000254. The molecule has 0 aliphatic heterocycles. The fourth-order valence-electron chi connectivity index (χ4n) is 1.86. The molecule has 0 aliphatic carbocycles. The summed E-state index contributed by atoms with van der Waals surface area (Å²) in [5.74, 6) is -0.266. The first kappa shape index (κ1) is 19.8. The highest BCUT2D eigenvalue weighted by Crippen LogP contribution is 2.16. The van der Waals surface area contributed by atoms with E-state index in [0.717, 1.165) is 16.4 Å². The van der Waals surface area contributed by atoms with Crippen molar-refractivity contribution < 1.29 is 9.53 Å². The van der Waals surface area contributed by atoms with Crippen molar-refractivity contribution in [1.29, 1.82) is 0 Å². The number of ether oxygens (including phenoxy) is 1. The molecule has 4 nitrogen and oxygen atoms in total. The molecule has 0 atom stereocenters. The summed E-state index contributed by atoms with van der Waals surface area (Å²) in [6.45, 7) is 2.21. The Morgan fingerprint density at radius 3 is 1.96 bits per heavy atom. The maximum Gasteiger partial charge on any atom is 0.338 e. The molecular formula is C19H25ClN2O2. The number of nitrogens with zero attached hydrogens (tertiary/aromatic N) is 2. The molecule has 0 unspecified atom stereocenters. The monoisotopic (exact) mass is 348 g/mol. The number of anilines is 2. The number of carbonyl (C=O) groups excluding carboxylic acids is 1. The van der Waals surface area contributed by atoms with Crippen molar-refractivity contribution in [2.75, 3.05) is 44.6 Å². The zero-order chi connectivity index (χ0) is 18.1. The third kappa shape index (κ3) is 6.50. The van der Waals surface area contributed by atoms with Gasteiger partial charge in [0.25, 0.3) is 0 Å². The summed E-state index contributed by atoms with van der Waals surface area (Å²) in [6.07, 6.45) is 0. The van der Waals surface area contributed by atoms with Crippen LogP contribution in [0.1, 0.15) is 17.3 Å². The van der Waals surface area contributed by atoms with E-state index in [9.17, 15) is 4.79 Å². The lowest BCUT2D eigenvalue weighted by Gasteiger charge is -2.12. The summed E-state index contributed by atoms with van der Waals surface area (Å²) in [4.78, 5) is 15.3. The third-order valence-corrected chi connectivity index (χ3v) is 3.45. The molecule has 130 valence electrons. The van der Waals surface area contributed by atoms with Gasteiger partial charge in [0.05, 0.1) is 12.2 Å². The first-order chi connectivity index (χ1) is 11.3. The Labute approximate surface area is 149 Å². The second kappa shape index (κ2) is 9.83. The molecule has 0 saturated heterocycles. The lowest BCUT2D eigenvalue weighted by molar-refractivity contribution is 0.0526. The molecule has 2 rings (SSSR count). The average Bonchev–Trinajstić information content (AvgIpc) is 2.55. The number of esters is 1. The number of hydrogen-bond donors (Lipinski definition) is 0. The second-order valence-electron chi connectivity index (χ2n) is 5.54. The number of benzene rings is 2. The third-order valence-electron chi connectivity index (χ3n) is 3.22. The molecular weight excluding hydrogens is 324 g/mol. The van der Waals surface area contributed by atoms with Crippen LogP contribution in [0.15, 0.2) is 48.5 Å². The summed E-state index contributed by atoms with van der Waals surface area (Å²) < 4.78 is 4.88. The van der Waals surface area contributed by atoms with Crippen LogP contribution in [0, 0.1) is 0 Å². The summed E-state index contributed by atoms with van der Waals surface area (Å²) in [5.41, 5.74) is 2.79. The van der Waals surface area contributed by atoms with Crippen LogP contribution in [0.5, 0.6) is 0 Å². The summed E-state index contributed by atoms with van der Waals surface area (Å²) in [5, 5.41) is 0.784. The molecule has 0 saturated carbocycles. The van der Waals surface area contributed by atoms with Crippen LogP contribution in [-0.2, 0) is 4.74 Å². The average molecular weight is 349 g/mol. The van der Waals surface area contributed by atoms with E-state index >= 15 is 0 Å². The van der Waals surface area contributed by atoms with Crippen LogP contribution in [0.4, 0.5) is 11.4 Å².